The van der Waals surface area contributed by atoms with E-state index in [1.54, 1.807) is 30.3 Å². The van der Waals surface area contributed by atoms with Crippen LogP contribution in [-0.4, -0.2) is 47.1 Å². The van der Waals surface area contributed by atoms with Gasteiger partial charge in [0.1, 0.15) is 11.4 Å². The van der Waals surface area contributed by atoms with E-state index in [0.717, 1.165) is 17.9 Å². The van der Waals surface area contributed by atoms with Crippen LogP contribution in [0.1, 0.15) is 72.3 Å². The zero-order chi connectivity index (χ0) is 27.8. The second-order valence-electron chi connectivity index (χ2n) is 10.2. The lowest BCUT2D eigenvalue weighted by Crippen LogP contribution is -2.36. The Hall–Kier alpha value is -4.14. The predicted molar refractivity (Wildman–Crippen MR) is 144 cm³/mol. The minimum Gasteiger partial charge on any atom is -0.494 e. The molecule has 4 rings (SSSR count). The number of carboxylic acid groups (broad SMARTS) is 2. The van der Waals surface area contributed by atoms with Gasteiger partial charge in [-0.25, -0.2) is 0 Å². The van der Waals surface area contributed by atoms with E-state index in [0.29, 0.717) is 23.8 Å². The quantitative estimate of drug-likeness (QED) is 0.251. The highest BCUT2D eigenvalue weighted by Gasteiger charge is 2.24. The van der Waals surface area contributed by atoms with Crippen LogP contribution in [0.15, 0.2) is 54.2 Å². The van der Waals surface area contributed by atoms with Crippen LogP contribution in [-0.2, 0) is 14.4 Å². The summed E-state index contributed by atoms with van der Waals surface area (Å²) in [6, 6.07) is 14.5. The smallest absolute Gasteiger partial charge is 0.307 e. The molecule has 39 heavy (non-hydrogen) atoms. The molecule has 0 bridgehead atoms. The van der Waals surface area contributed by atoms with E-state index in [1.165, 1.54) is 31.2 Å². The number of carbonyl (C=O) groups excluding carboxylic acids is 2. The molecule has 4 N–H and O–H groups in total. The van der Waals surface area contributed by atoms with Crippen molar-refractivity contribution in [1.82, 2.24) is 10.6 Å². The van der Waals surface area contributed by atoms with Gasteiger partial charge in [0.05, 0.1) is 18.9 Å². The van der Waals surface area contributed by atoms with Gasteiger partial charge in [0.25, 0.3) is 11.8 Å². The van der Waals surface area contributed by atoms with Crippen molar-refractivity contribution >= 4 is 29.8 Å². The average Bonchev–Trinajstić information content (AvgIpc) is 3.83. The number of aliphatic carboxylic acids is 2. The zero-order valence-corrected chi connectivity index (χ0v) is 21.7. The number of benzene rings is 2. The molecule has 0 aromatic heterocycles. The average molecular weight is 535 g/mol. The first-order valence-electron chi connectivity index (χ1n) is 13.4. The van der Waals surface area contributed by atoms with Crippen LogP contribution in [0.2, 0.25) is 0 Å². The summed E-state index contributed by atoms with van der Waals surface area (Å²) < 4.78 is 5.74. The molecule has 0 aliphatic heterocycles. The fraction of sp³-hybridized carbons (Fsp3) is 0.400. The van der Waals surface area contributed by atoms with Crippen LogP contribution in [0.25, 0.3) is 6.08 Å². The maximum Gasteiger partial charge on any atom is 0.307 e. The van der Waals surface area contributed by atoms with Gasteiger partial charge in [0.2, 0.25) is 0 Å². The second kappa shape index (κ2) is 13.1. The van der Waals surface area contributed by atoms with Gasteiger partial charge in [0, 0.05) is 12.1 Å². The van der Waals surface area contributed by atoms with Gasteiger partial charge in [-0.1, -0.05) is 37.1 Å². The molecule has 2 aromatic carbocycles. The lowest BCUT2D eigenvalue weighted by molar-refractivity contribution is -0.148. The van der Waals surface area contributed by atoms with Gasteiger partial charge in [-0.2, -0.15) is 0 Å². The van der Waals surface area contributed by atoms with Gasteiger partial charge in [-0.3, -0.25) is 19.2 Å². The summed E-state index contributed by atoms with van der Waals surface area (Å²) in [7, 11) is 0. The summed E-state index contributed by atoms with van der Waals surface area (Å²) in [4.78, 5) is 48.3. The van der Waals surface area contributed by atoms with Crippen LogP contribution >= 0.6 is 0 Å². The molecule has 0 spiro atoms. The van der Waals surface area contributed by atoms with Crippen LogP contribution in [0.4, 0.5) is 0 Å². The highest BCUT2D eigenvalue weighted by Crippen LogP contribution is 2.40. The Balaban J connectivity index is 1.41. The molecule has 2 amide bonds. The summed E-state index contributed by atoms with van der Waals surface area (Å²) in [6.45, 7) is 0.571. The predicted octanol–water partition coefficient (Wildman–Crippen LogP) is 4.20. The first-order chi connectivity index (χ1) is 18.8. The Morgan fingerprint density at radius 2 is 1.64 bits per heavy atom. The number of hydrogen-bond donors (Lipinski definition) is 4. The van der Waals surface area contributed by atoms with E-state index < -0.39 is 36.1 Å². The Labute approximate surface area is 227 Å². The normalized spacial score (nSPS) is 15.7. The summed E-state index contributed by atoms with van der Waals surface area (Å²) >= 11 is 0. The van der Waals surface area contributed by atoms with Crippen LogP contribution in [0.5, 0.6) is 5.75 Å². The molecule has 9 heteroatoms. The Kier molecular flexibility index (Phi) is 9.35. The molecular formula is C30H34N2O7. The van der Waals surface area contributed by atoms with Gasteiger partial charge < -0.3 is 25.6 Å². The highest BCUT2D eigenvalue weighted by atomic mass is 16.5. The summed E-state index contributed by atoms with van der Waals surface area (Å²) in [6.07, 6.45) is 6.84. The van der Waals surface area contributed by atoms with Gasteiger partial charge >= 0.3 is 11.9 Å². The van der Waals surface area contributed by atoms with E-state index in [4.69, 9.17) is 9.84 Å². The van der Waals surface area contributed by atoms with Crippen molar-refractivity contribution < 1.29 is 34.1 Å². The van der Waals surface area contributed by atoms with Crippen molar-refractivity contribution in [2.45, 2.75) is 50.9 Å². The topological polar surface area (TPSA) is 142 Å². The third-order valence-corrected chi connectivity index (χ3v) is 6.95. The van der Waals surface area contributed by atoms with Crippen LogP contribution in [0.3, 0.4) is 0 Å². The van der Waals surface area contributed by atoms with E-state index >= 15 is 0 Å². The van der Waals surface area contributed by atoms with Crippen LogP contribution < -0.4 is 15.4 Å². The molecule has 2 fully saturated rings. The lowest BCUT2D eigenvalue weighted by Gasteiger charge is -2.14. The van der Waals surface area contributed by atoms with E-state index in [-0.39, 0.29) is 18.7 Å². The van der Waals surface area contributed by atoms with Crippen molar-refractivity contribution in [3.63, 3.8) is 0 Å². The molecule has 206 valence electrons. The number of amides is 2. The molecule has 2 aromatic rings. The third-order valence-electron chi connectivity index (χ3n) is 6.95. The van der Waals surface area contributed by atoms with Crippen molar-refractivity contribution in [1.29, 1.82) is 0 Å². The zero-order valence-electron chi connectivity index (χ0n) is 21.7. The molecule has 2 aliphatic carbocycles. The Bertz CT molecular complexity index is 1210. The van der Waals surface area contributed by atoms with Crippen molar-refractivity contribution in [3.8, 4) is 5.75 Å². The SMILES string of the molecule is O=C(O)CC(CCNC(=O)/C(=C/c1ccc(C2CC2)cc1)NC(=O)c1ccc(OCCC2CC2)cc1)C(=O)O. The van der Waals surface area contributed by atoms with Crippen molar-refractivity contribution in [2.24, 2.45) is 11.8 Å². The van der Waals surface area contributed by atoms with E-state index in [9.17, 15) is 24.3 Å². The van der Waals surface area contributed by atoms with Gasteiger partial charge in [-0.05, 0) is 79.0 Å². The maximum atomic E-state index is 13.0. The monoisotopic (exact) mass is 534 g/mol. The summed E-state index contributed by atoms with van der Waals surface area (Å²) in [5.74, 6) is -2.67. The minimum atomic E-state index is -1.24. The molecular weight excluding hydrogens is 500 g/mol. The fourth-order valence-corrected chi connectivity index (χ4v) is 4.23. The molecule has 2 aliphatic rings. The number of nitrogens with one attached hydrogen (secondary N) is 2. The number of carbonyl (C=O) groups is 4. The lowest BCUT2D eigenvalue weighted by atomic mass is 10.0. The number of hydrogen-bond acceptors (Lipinski definition) is 5. The van der Waals surface area contributed by atoms with E-state index in [2.05, 4.69) is 10.6 Å². The fourth-order valence-electron chi connectivity index (χ4n) is 4.23. The molecule has 9 nitrogen and oxygen atoms in total. The summed E-state index contributed by atoms with van der Waals surface area (Å²) in [5.41, 5.74) is 2.30. The third kappa shape index (κ3) is 8.98. The molecule has 2 saturated carbocycles. The van der Waals surface area contributed by atoms with Crippen molar-refractivity contribution in [3.05, 3.63) is 70.9 Å². The molecule has 0 radical (unpaired) electrons. The van der Waals surface area contributed by atoms with Crippen LogP contribution in [0, 0.1) is 11.8 Å². The standard InChI is InChI=1S/C30H34N2O7/c33-27(34)18-24(30(37)38)13-15-31-29(36)26(17-20-3-5-21(6-4-20)22-7-8-22)32-28(35)23-9-11-25(12-10-23)39-16-14-19-1-2-19/h3-6,9-12,17,19,22,24H,1-2,7-8,13-16,18H2,(H,31,36)(H,32,35)(H,33,34)(H,37,38)/b26-17-. The Morgan fingerprint density at radius 1 is 0.949 bits per heavy atom. The first kappa shape index (κ1) is 27.9. The molecule has 0 saturated heterocycles. The number of carboxylic acids is 2. The number of ether oxygens (including phenoxy) is 1. The van der Waals surface area contributed by atoms with E-state index in [1.807, 2.05) is 24.3 Å². The molecule has 0 heterocycles. The second-order valence-corrected chi connectivity index (χ2v) is 10.2. The van der Waals surface area contributed by atoms with Gasteiger partial charge in [-0.15, -0.1) is 0 Å². The number of rotatable bonds is 15. The van der Waals surface area contributed by atoms with Gasteiger partial charge in [0.15, 0.2) is 0 Å². The largest absolute Gasteiger partial charge is 0.494 e. The first-order valence-corrected chi connectivity index (χ1v) is 13.4. The minimum absolute atomic E-state index is 0.00552. The maximum absolute atomic E-state index is 13.0. The summed E-state index contributed by atoms with van der Waals surface area (Å²) in [5, 5.41) is 23.4. The van der Waals surface area contributed by atoms with Crippen molar-refractivity contribution in [2.75, 3.05) is 13.2 Å². The highest BCUT2D eigenvalue weighted by molar-refractivity contribution is 6.05. The molecule has 1 unspecified atom stereocenters. The Morgan fingerprint density at radius 3 is 2.23 bits per heavy atom. The molecule has 1 atom stereocenters.